The van der Waals surface area contributed by atoms with E-state index in [4.69, 9.17) is 0 Å². The van der Waals surface area contributed by atoms with Crippen LogP contribution in [0.1, 0.15) is 48.6 Å². The molecule has 0 amide bonds. The van der Waals surface area contributed by atoms with Crippen LogP contribution in [0.2, 0.25) is 0 Å². The van der Waals surface area contributed by atoms with E-state index < -0.39 is 0 Å². The molecule has 22 heavy (non-hydrogen) atoms. The minimum atomic E-state index is 0.674. The van der Waals surface area contributed by atoms with Gasteiger partial charge in [0.2, 0.25) is 0 Å². The van der Waals surface area contributed by atoms with Crippen LogP contribution in [0.25, 0.3) is 0 Å². The van der Waals surface area contributed by atoms with Gasteiger partial charge in [0.15, 0.2) is 0 Å². The van der Waals surface area contributed by atoms with Crippen LogP contribution in [0.5, 0.6) is 0 Å². The van der Waals surface area contributed by atoms with Crippen molar-refractivity contribution in [2.75, 3.05) is 0 Å². The molecule has 0 aliphatic heterocycles. The Balaban J connectivity index is 1.55. The van der Waals surface area contributed by atoms with Gasteiger partial charge in [0.25, 0.3) is 0 Å². The molecule has 1 saturated carbocycles. The molecule has 1 fully saturated rings. The Bertz CT molecular complexity index is 626. The largest absolute Gasteiger partial charge is 0.0776 e. The Morgan fingerprint density at radius 2 is 1.45 bits per heavy atom. The first-order chi connectivity index (χ1) is 10.9. The van der Waals surface area contributed by atoms with Crippen LogP contribution in [0.3, 0.4) is 0 Å². The van der Waals surface area contributed by atoms with Crippen molar-refractivity contribution in [2.24, 2.45) is 11.8 Å². The first-order valence-electron chi connectivity index (χ1n) is 8.58. The summed E-state index contributed by atoms with van der Waals surface area (Å²) < 4.78 is 0. The van der Waals surface area contributed by atoms with Gasteiger partial charge in [-0.1, -0.05) is 66.7 Å². The highest BCUT2D eigenvalue weighted by Crippen LogP contribution is 2.49. The molecule has 0 N–H and O–H groups in total. The van der Waals surface area contributed by atoms with Crippen molar-refractivity contribution in [1.82, 2.24) is 0 Å². The van der Waals surface area contributed by atoms with Crippen LogP contribution in [0.15, 0.2) is 66.7 Å². The molecule has 4 atom stereocenters. The molecule has 0 nitrogen and oxygen atoms in total. The van der Waals surface area contributed by atoms with Gasteiger partial charge in [-0.15, -0.1) is 0 Å². The molecule has 4 unspecified atom stereocenters. The first kappa shape index (κ1) is 13.8. The zero-order valence-corrected chi connectivity index (χ0v) is 13.0. The summed E-state index contributed by atoms with van der Waals surface area (Å²) in [7, 11) is 0. The van der Waals surface area contributed by atoms with E-state index in [9.17, 15) is 0 Å². The van der Waals surface area contributed by atoms with E-state index in [0.29, 0.717) is 11.8 Å². The third kappa shape index (κ3) is 2.63. The zero-order valence-electron chi connectivity index (χ0n) is 13.0. The first-order valence-corrected chi connectivity index (χ1v) is 8.58. The van der Waals surface area contributed by atoms with Crippen molar-refractivity contribution < 1.29 is 0 Å². The molecule has 0 heteroatoms. The fourth-order valence-corrected chi connectivity index (χ4v) is 4.51. The molecule has 2 aromatic carbocycles. The third-order valence-electron chi connectivity index (χ3n) is 5.64. The van der Waals surface area contributed by atoms with Gasteiger partial charge in [0.1, 0.15) is 0 Å². The molecular weight excluding hydrogens is 264 g/mol. The molecule has 2 aliphatic carbocycles. The van der Waals surface area contributed by atoms with Gasteiger partial charge in [0.05, 0.1) is 0 Å². The SMILES string of the molecule is [C]1=CC2CC(c3ccccc3)CCC2C(c2ccccc2)C1. The average molecular weight is 287 g/mol. The van der Waals surface area contributed by atoms with Crippen LogP contribution >= 0.6 is 0 Å². The Labute approximate surface area is 133 Å². The van der Waals surface area contributed by atoms with E-state index in [1.807, 2.05) is 0 Å². The zero-order chi connectivity index (χ0) is 14.8. The van der Waals surface area contributed by atoms with Crippen LogP contribution in [0, 0.1) is 17.9 Å². The summed E-state index contributed by atoms with van der Waals surface area (Å²) >= 11 is 0. The molecule has 0 heterocycles. The van der Waals surface area contributed by atoms with E-state index in [1.165, 1.54) is 30.4 Å². The van der Waals surface area contributed by atoms with Crippen LogP contribution in [-0.4, -0.2) is 0 Å². The minimum Gasteiger partial charge on any atom is -0.0776 e. The van der Waals surface area contributed by atoms with E-state index in [-0.39, 0.29) is 0 Å². The quantitative estimate of drug-likeness (QED) is 0.661. The van der Waals surface area contributed by atoms with Crippen molar-refractivity contribution in [1.29, 1.82) is 0 Å². The second-order valence-corrected chi connectivity index (χ2v) is 6.84. The predicted molar refractivity (Wildman–Crippen MR) is 91.6 cm³/mol. The molecule has 2 aliphatic rings. The van der Waals surface area contributed by atoms with Crippen LogP contribution in [0.4, 0.5) is 0 Å². The second-order valence-electron chi connectivity index (χ2n) is 6.84. The Kier molecular flexibility index (Phi) is 3.84. The van der Waals surface area contributed by atoms with E-state index in [1.54, 1.807) is 0 Å². The molecule has 2 aromatic rings. The Hall–Kier alpha value is -1.82. The van der Waals surface area contributed by atoms with Crippen molar-refractivity contribution in [3.63, 3.8) is 0 Å². The van der Waals surface area contributed by atoms with E-state index in [2.05, 4.69) is 72.8 Å². The monoisotopic (exact) mass is 287 g/mol. The maximum Gasteiger partial charge on any atom is -0.00875 e. The lowest BCUT2D eigenvalue weighted by molar-refractivity contribution is 0.207. The Morgan fingerprint density at radius 1 is 0.773 bits per heavy atom. The van der Waals surface area contributed by atoms with E-state index >= 15 is 0 Å². The topological polar surface area (TPSA) is 0 Å². The lowest BCUT2D eigenvalue weighted by Crippen LogP contribution is -2.30. The fourth-order valence-electron chi connectivity index (χ4n) is 4.51. The standard InChI is InChI=1S/C22H23/c1-3-8-17(9-4-1)19-14-15-22-20(16-19)12-7-13-21(22)18-10-5-2-6-11-18/h1-6,8-12,19-22H,13-16H2. The smallest absolute Gasteiger partial charge is 0.00875 e. The van der Waals surface area contributed by atoms with Crippen molar-refractivity contribution in [3.8, 4) is 0 Å². The molecule has 0 spiro atoms. The maximum absolute atomic E-state index is 3.58. The lowest BCUT2D eigenvalue weighted by Gasteiger charge is -2.41. The fraction of sp³-hybridized carbons (Fsp3) is 0.364. The van der Waals surface area contributed by atoms with Gasteiger partial charge in [-0.25, -0.2) is 0 Å². The number of allylic oxidation sites excluding steroid dienone is 2. The number of hydrogen-bond donors (Lipinski definition) is 0. The molecule has 4 rings (SSSR count). The average Bonchev–Trinajstić information content (AvgIpc) is 2.62. The van der Waals surface area contributed by atoms with Crippen molar-refractivity contribution >= 4 is 0 Å². The van der Waals surface area contributed by atoms with Crippen LogP contribution < -0.4 is 0 Å². The highest BCUT2D eigenvalue weighted by molar-refractivity contribution is 5.25. The van der Waals surface area contributed by atoms with Gasteiger partial charge in [-0.05, 0) is 66.6 Å². The number of fused-ring (bicyclic) bond motifs is 1. The number of benzene rings is 2. The summed E-state index contributed by atoms with van der Waals surface area (Å²) in [6.07, 6.45) is 11.0. The molecule has 111 valence electrons. The molecule has 0 aromatic heterocycles. The third-order valence-corrected chi connectivity index (χ3v) is 5.64. The van der Waals surface area contributed by atoms with Gasteiger partial charge in [-0.3, -0.25) is 0 Å². The lowest BCUT2D eigenvalue weighted by atomic mass is 9.63. The highest BCUT2D eigenvalue weighted by Gasteiger charge is 2.36. The normalized spacial score (nSPS) is 30.7. The maximum atomic E-state index is 3.58. The van der Waals surface area contributed by atoms with Gasteiger partial charge >= 0.3 is 0 Å². The van der Waals surface area contributed by atoms with Gasteiger partial charge in [-0.2, -0.15) is 0 Å². The predicted octanol–water partition coefficient (Wildman–Crippen LogP) is 5.73. The second kappa shape index (κ2) is 6.12. The minimum absolute atomic E-state index is 0.674. The summed E-state index contributed by atoms with van der Waals surface area (Å²) in [6, 6.07) is 22.2. The highest BCUT2D eigenvalue weighted by atomic mass is 14.4. The van der Waals surface area contributed by atoms with E-state index in [0.717, 1.165) is 18.3 Å². The number of rotatable bonds is 2. The summed E-state index contributed by atoms with van der Waals surface area (Å²) in [5.74, 6) is 2.92. The summed E-state index contributed by atoms with van der Waals surface area (Å²) in [6.45, 7) is 0. The molecule has 1 radical (unpaired) electrons. The van der Waals surface area contributed by atoms with Crippen LogP contribution in [-0.2, 0) is 0 Å². The summed E-state index contributed by atoms with van der Waals surface area (Å²) in [4.78, 5) is 0. The number of hydrogen-bond acceptors (Lipinski definition) is 0. The summed E-state index contributed by atoms with van der Waals surface area (Å²) in [5.41, 5.74) is 3.03. The van der Waals surface area contributed by atoms with Crippen molar-refractivity contribution in [2.45, 2.75) is 37.5 Å². The Morgan fingerprint density at radius 3 is 2.18 bits per heavy atom. The molecule has 0 bridgehead atoms. The van der Waals surface area contributed by atoms with Crippen molar-refractivity contribution in [3.05, 3.63) is 83.9 Å². The van der Waals surface area contributed by atoms with Gasteiger partial charge < -0.3 is 0 Å². The summed E-state index contributed by atoms with van der Waals surface area (Å²) in [5, 5.41) is 0. The molecular formula is C22H23. The molecule has 0 saturated heterocycles. The van der Waals surface area contributed by atoms with Gasteiger partial charge in [0, 0.05) is 0 Å².